The van der Waals surface area contributed by atoms with Crippen molar-refractivity contribution in [3.05, 3.63) is 41.6 Å². The van der Waals surface area contributed by atoms with Crippen LogP contribution in [-0.2, 0) is 6.42 Å². The minimum atomic E-state index is -0.150. The molecular formula is C14H14N2O4. The molecule has 6 heteroatoms. The molecule has 0 spiro atoms. The molecule has 0 saturated heterocycles. The standard InChI is InChI=1S/C14H14N2O4/c1-9-16-11(7-18-9)4-5-15-14(17)10-2-3-12-13(6-10)20-8-19-12/h2-3,6-7H,4-5,8H2,1H3,(H,15,17). The normalized spacial score (nSPS) is 12.4. The van der Waals surface area contributed by atoms with Crippen molar-refractivity contribution in [1.82, 2.24) is 10.3 Å². The topological polar surface area (TPSA) is 73.6 Å². The summed E-state index contributed by atoms with van der Waals surface area (Å²) in [5.74, 6) is 1.75. The summed E-state index contributed by atoms with van der Waals surface area (Å²) < 4.78 is 15.5. The second-order valence-corrected chi connectivity index (χ2v) is 4.43. The first-order chi connectivity index (χ1) is 9.72. The number of carbonyl (C=O) groups excluding carboxylic acids is 1. The summed E-state index contributed by atoms with van der Waals surface area (Å²) in [7, 11) is 0. The molecule has 104 valence electrons. The molecular weight excluding hydrogens is 260 g/mol. The van der Waals surface area contributed by atoms with Gasteiger partial charge in [0.15, 0.2) is 17.4 Å². The lowest BCUT2D eigenvalue weighted by Gasteiger charge is -2.04. The third kappa shape index (κ3) is 2.59. The van der Waals surface area contributed by atoms with Gasteiger partial charge in [-0.25, -0.2) is 4.98 Å². The van der Waals surface area contributed by atoms with Crippen LogP contribution in [0.1, 0.15) is 21.9 Å². The molecule has 1 amide bonds. The minimum absolute atomic E-state index is 0.150. The number of oxazole rings is 1. The van der Waals surface area contributed by atoms with E-state index in [4.69, 9.17) is 13.9 Å². The van der Waals surface area contributed by atoms with Gasteiger partial charge in [-0.3, -0.25) is 4.79 Å². The summed E-state index contributed by atoms with van der Waals surface area (Å²) >= 11 is 0. The number of aryl methyl sites for hydroxylation is 1. The number of fused-ring (bicyclic) bond motifs is 1. The first kappa shape index (κ1) is 12.5. The number of hydrogen-bond donors (Lipinski definition) is 1. The highest BCUT2D eigenvalue weighted by Crippen LogP contribution is 2.32. The third-order valence-electron chi connectivity index (χ3n) is 2.97. The smallest absolute Gasteiger partial charge is 0.251 e. The van der Waals surface area contributed by atoms with Crippen LogP contribution in [-0.4, -0.2) is 24.2 Å². The van der Waals surface area contributed by atoms with Gasteiger partial charge in [0.2, 0.25) is 6.79 Å². The van der Waals surface area contributed by atoms with E-state index in [1.165, 1.54) is 0 Å². The van der Waals surface area contributed by atoms with E-state index >= 15 is 0 Å². The molecule has 20 heavy (non-hydrogen) atoms. The zero-order chi connectivity index (χ0) is 13.9. The van der Waals surface area contributed by atoms with E-state index < -0.39 is 0 Å². The molecule has 2 heterocycles. The molecule has 1 aliphatic heterocycles. The van der Waals surface area contributed by atoms with E-state index in [0.717, 1.165) is 5.69 Å². The monoisotopic (exact) mass is 274 g/mol. The summed E-state index contributed by atoms with van der Waals surface area (Å²) in [5, 5.41) is 2.83. The molecule has 1 aliphatic rings. The lowest BCUT2D eigenvalue weighted by Crippen LogP contribution is -2.25. The van der Waals surface area contributed by atoms with Gasteiger partial charge in [-0.1, -0.05) is 0 Å². The van der Waals surface area contributed by atoms with Crippen LogP contribution in [0, 0.1) is 6.92 Å². The van der Waals surface area contributed by atoms with Crippen molar-refractivity contribution in [3.63, 3.8) is 0 Å². The summed E-state index contributed by atoms with van der Waals surface area (Å²) in [4.78, 5) is 16.2. The summed E-state index contributed by atoms with van der Waals surface area (Å²) in [5.41, 5.74) is 1.37. The van der Waals surface area contributed by atoms with Gasteiger partial charge in [0, 0.05) is 25.5 Å². The van der Waals surface area contributed by atoms with Gasteiger partial charge in [0.05, 0.1) is 5.69 Å². The molecule has 0 unspecified atom stereocenters. The summed E-state index contributed by atoms with van der Waals surface area (Å²) in [6.07, 6.45) is 2.23. The highest BCUT2D eigenvalue weighted by molar-refractivity contribution is 5.94. The number of nitrogens with one attached hydrogen (secondary N) is 1. The van der Waals surface area contributed by atoms with E-state index in [1.54, 1.807) is 31.4 Å². The molecule has 0 saturated carbocycles. The van der Waals surface area contributed by atoms with E-state index in [0.29, 0.717) is 35.9 Å². The Labute approximate surface area is 115 Å². The number of nitrogens with zero attached hydrogens (tertiary/aromatic N) is 1. The Hall–Kier alpha value is -2.50. The van der Waals surface area contributed by atoms with Gasteiger partial charge < -0.3 is 19.2 Å². The highest BCUT2D eigenvalue weighted by atomic mass is 16.7. The predicted molar refractivity (Wildman–Crippen MR) is 69.8 cm³/mol. The molecule has 0 atom stereocenters. The van der Waals surface area contributed by atoms with E-state index in [9.17, 15) is 4.79 Å². The van der Waals surface area contributed by atoms with Crippen LogP contribution in [0.25, 0.3) is 0 Å². The van der Waals surface area contributed by atoms with Gasteiger partial charge in [0.25, 0.3) is 5.91 Å². The maximum absolute atomic E-state index is 12.0. The van der Waals surface area contributed by atoms with Crippen molar-refractivity contribution in [2.24, 2.45) is 0 Å². The molecule has 1 N–H and O–H groups in total. The van der Waals surface area contributed by atoms with Gasteiger partial charge in [-0.05, 0) is 18.2 Å². The maximum atomic E-state index is 12.0. The van der Waals surface area contributed by atoms with Crippen molar-refractivity contribution < 1.29 is 18.7 Å². The number of rotatable bonds is 4. The van der Waals surface area contributed by atoms with Crippen molar-refractivity contribution in [2.75, 3.05) is 13.3 Å². The zero-order valence-corrected chi connectivity index (χ0v) is 11.0. The van der Waals surface area contributed by atoms with Crippen LogP contribution in [0.3, 0.4) is 0 Å². The lowest BCUT2D eigenvalue weighted by atomic mass is 10.2. The van der Waals surface area contributed by atoms with Gasteiger partial charge in [-0.15, -0.1) is 0 Å². The van der Waals surface area contributed by atoms with E-state index in [2.05, 4.69) is 10.3 Å². The Bertz CT molecular complexity index is 636. The zero-order valence-electron chi connectivity index (χ0n) is 11.0. The number of aromatic nitrogens is 1. The van der Waals surface area contributed by atoms with Crippen molar-refractivity contribution >= 4 is 5.91 Å². The Balaban J connectivity index is 1.56. The third-order valence-corrected chi connectivity index (χ3v) is 2.97. The molecule has 3 rings (SSSR count). The number of amides is 1. The Morgan fingerprint density at radius 3 is 3.00 bits per heavy atom. The second-order valence-electron chi connectivity index (χ2n) is 4.43. The number of ether oxygens (including phenoxy) is 2. The van der Waals surface area contributed by atoms with Crippen LogP contribution in [0.2, 0.25) is 0 Å². The molecule has 1 aromatic carbocycles. The molecule has 0 fully saturated rings. The predicted octanol–water partition coefficient (Wildman–Crippen LogP) is 1.68. The maximum Gasteiger partial charge on any atom is 0.251 e. The van der Waals surface area contributed by atoms with Gasteiger partial charge >= 0.3 is 0 Å². The largest absolute Gasteiger partial charge is 0.454 e. The quantitative estimate of drug-likeness (QED) is 0.918. The average molecular weight is 274 g/mol. The van der Waals surface area contributed by atoms with Gasteiger partial charge in [-0.2, -0.15) is 0 Å². The van der Waals surface area contributed by atoms with Crippen LogP contribution in [0.4, 0.5) is 0 Å². The molecule has 6 nitrogen and oxygen atoms in total. The van der Waals surface area contributed by atoms with E-state index in [-0.39, 0.29) is 12.7 Å². The van der Waals surface area contributed by atoms with E-state index in [1.807, 2.05) is 0 Å². The fourth-order valence-electron chi connectivity index (χ4n) is 1.97. The highest BCUT2D eigenvalue weighted by Gasteiger charge is 2.15. The molecule has 0 radical (unpaired) electrons. The second kappa shape index (κ2) is 5.24. The minimum Gasteiger partial charge on any atom is -0.454 e. The Morgan fingerprint density at radius 2 is 2.20 bits per heavy atom. The fourth-order valence-corrected chi connectivity index (χ4v) is 1.97. The molecule has 0 aliphatic carbocycles. The SMILES string of the molecule is Cc1nc(CCNC(=O)c2ccc3c(c2)OCO3)co1. The Kier molecular flexibility index (Phi) is 3.28. The average Bonchev–Trinajstić information content (AvgIpc) is 3.06. The van der Waals surface area contributed by atoms with Crippen molar-refractivity contribution in [1.29, 1.82) is 0 Å². The van der Waals surface area contributed by atoms with Crippen LogP contribution in [0.15, 0.2) is 28.9 Å². The van der Waals surface area contributed by atoms with Crippen LogP contribution in [0.5, 0.6) is 11.5 Å². The lowest BCUT2D eigenvalue weighted by molar-refractivity contribution is 0.0953. The number of hydrogen-bond acceptors (Lipinski definition) is 5. The van der Waals surface area contributed by atoms with Crippen LogP contribution < -0.4 is 14.8 Å². The van der Waals surface area contributed by atoms with Crippen molar-refractivity contribution in [2.45, 2.75) is 13.3 Å². The number of benzene rings is 1. The molecule has 0 bridgehead atoms. The van der Waals surface area contributed by atoms with Gasteiger partial charge in [0.1, 0.15) is 6.26 Å². The first-order valence-corrected chi connectivity index (χ1v) is 6.31. The molecule has 2 aromatic rings. The Morgan fingerprint density at radius 1 is 1.35 bits per heavy atom. The fraction of sp³-hybridized carbons (Fsp3) is 0.286. The first-order valence-electron chi connectivity index (χ1n) is 6.31. The summed E-state index contributed by atoms with van der Waals surface area (Å²) in [6, 6.07) is 5.12. The summed E-state index contributed by atoms with van der Waals surface area (Å²) in [6.45, 7) is 2.49. The van der Waals surface area contributed by atoms with Crippen LogP contribution >= 0.6 is 0 Å². The van der Waals surface area contributed by atoms with Crippen molar-refractivity contribution in [3.8, 4) is 11.5 Å². The number of carbonyl (C=O) groups is 1. The molecule has 1 aromatic heterocycles.